The Morgan fingerprint density at radius 1 is 1.33 bits per heavy atom. The number of nitrogens with one attached hydrogen (secondary N) is 1. The summed E-state index contributed by atoms with van der Waals surface area (Å²) in [5.74, 6) is 0.839. The van der Waals surface area contributed by atoms with Crippen molar-refractivity contribution in [3.8, 4) is 5.69 Å². The van der Waals surface area contributed by atoms with Gasteiger partial charge in [0.1, 0.15) is 0 Å². The van der Waals surface area contributed by atoms with Gasteiger partial charge in [-0.25, -0.2) is 4.68 Å². The predicted molar refractivity (Wildman–Crippen MR) is 95.1 cm³/mol. The molecule has 3 rings (SSSR count). The molecule has 2 aromatic rings. The van der Waals surface area contributed by atoms with Crippen molar-refractivity contribution in [3.63, 3.8) is 0 Å². The Morgan fingerprint density at radius 2 is 2.17 bits per heavy atom. The molecule has 1 atom stereocenters. The molecule has 1 amide bonds. The molecular weight excluding hydrogens is 300 g/mol. The van der Waals surface area contributed by atoms with Crippen molar-refractivity contribution in [2.75, 3.05) is 26.2 Å². The summed E-state index contributed by atoms with van der Waals surface area (Å²) in [6.07, 6.45) is 6.66. The highest BCUT2D eigenvalue weighted by molar-refractivity contribution is 5.78. The summed E-state index contributed by atoms with van der Waals surface area (Å²) in [7, 11) is 0. The fraction of sp³-hybridized carbons (Fsp3) is 0.474. The molecule has 1 aromatic heterocycles. The lowest BCUT2D eigenvalue weighted by atomic mass is 10.0. The van der Waals surface area contributed by atoms with Crippen molar-refractivity contribution in [1.82, 2.24) is 20.0 Å². The lowest BCUT2D eigenvalue weighted by Gasteiger charge is -2.30. The first-order valence-corrected chi connectivity index (χ1v) is 8.79. The molecule has 0 aliphatic carbocycles. The van der Waals surface area contributed by atoms with Crippen LogP contribution < -0.4 is 5.32 Å². The van der Waals surface area contributed by atoms with E-state index in [1.54, 1.807) is 10.9 Å². The Hall–Kier alpha value is -2.14. The molecule has 1 aliphatic heterocycles. The van der Waals surface area contributed by atoms with Crippen LogP contribution in [-0.2, 0) is 11.2 Å². The van der Waals surface area contributed by atoms with Gasteiger partial charge in [0.15, 0.2) is 0 Å². The van der Waals surface area contributed by atoms with Crippen LogP contribution in [0.15, 0.2) is 42.7 Å². The van der Waals surface area contributed by atoms with E-state index in [1.165, 1.54) is 12.8 Å². The number of likely N-dealkylation sites (tertiary alicyclic amines) is 1. The molecule has 0 radical (unpaired) electrons. The molecule has 24 heavy (non-hydrogen) atoms. The second-order valence-electron chi connectivity index (χ2n) is 6.70. The van der Waals surface area contributed by atoms with Gasteiger partial charge in [-0.2, -0.15) is 5.10 Å². The van der Waals surface area contributed by atoms with Gasteiger partial charge in [0.25, 0.3) is 0 Å². The van der Waals surface area contributed by atoms with Crippen molar-refractivity contribution < 1.29 is 4.79 Å². The van der Waals surface area contributed by atoms with E-state index < -0.39 is 0 Å². The van der Waals surface area contributed by atoms with Crippen LogP contribution in [0.2, 0.25) is 0 Å². The summed E-state index contributed by atoms with van der Waals surface area (Å²) >= 11 is 0. The highest BCUT2D eigenvalue weighted by atomic mass is 16.1. The third-order valence-corrected chi connectivity index (χ3v) is 4.51. The van der Waals surface area contributed by atoms with Gasteiger partial charge in [0.2, 0.25) is 5.91 Å². The third-order valence-electron chi connectivity index (χ3n) is 4.51. The van der Waals surface area contributed by atoms with Gasteiger partial charge in [-0.3, -0.25) is 4.79 Å². The van der Waals surface area contributed by atoms with Crippen LogP contribution >= 0.6 is 0 Å². The van der Waals surface area contributed by atoms with E-state index in [4.69, 9.17) is 0 Å². The van der Waals surface area contributed by atoms with Crippen LogP contribution in [0.4, 0.5) is 0 Å². The SMILES string of the molecule is CC1CCCN(CCNC(=O)Cc2cnn(-c3ccccc3)c2)C1. The highest BCUT2D eigenvalue weighted by Crippen LogP contribution is 2.14. The Kier molecular flexibility index (Phi) is 5.64. The van der Waals surface area contributed by atoms with Gasteiger partial charge in [0, 0.05) is 25.8 Å². The normalized spacial score (nSPS) is 18.5. The molecule has 128 valence electrons. The number of benzene rings is 1. The minimum Gasteiger partial charge on any atom is -0.355 e. The maximum atomic E-state index is 12.1. The van der Waals surface area contributed by atoms with Crippen LogP contribution in [-0.4, -0.2) is 46.8 Å². The first-order valence-electron chi connectivity index (χ1n) is 8.79. The summed E-state index contributed by atoms with van der Waals surface area (Å²) < 4.78 is 1.80. The molecule has 1 saturated heterocycles. The minimum absolute atomic E-state index is 0.0627. The topological polar surface area (TPSA) is 50.2 Å². The van der Waals surface area contributed by atoms with E-state index in [-0.39, 0.29) is 5.91 Å². The zero-order chi connectivity index (χ0) is 16.8. The number of amides is 1. The predicted octanol–water partition coefficient (Wildman–Crippen LogP) is 2.26. The van der Waals surface area contributed by atoms with E-state index in [9.17, 15) is 4.79 Å². The van der Waals surface area contributed by atoms with Crippen LogP contribution in [0.1, 0.15) is 25.3 Å². The molecule has 0 saturated carbocycles. The second-order valence-corrected chi connectivity index (χ2v) is 6.70. The van der Waals surface area contributed by atoms with E-state index in [2.05, 4.69) is 22.2 Å². The number of carbonyl (C=O) groups excluding carboxylic acids is 1. The number of rotatable bonds is 6. The van der Waals surface area contributed by atoms with Gasteiger partial charge in [-0.1, -0.05) is 25.1 Å². The summed E-state index contributed by atoms with van der Waals surface area (Å²) in [5, 5.41) is 7.35. The number of nitrogens with zero attached hydrogens (tertiary/aromatic N) is 3. The lowest BCUT2D eigenvalue weighted by Crippen LogP contribution is -2.40. The molecule has 1 aliphatic rings. The summed E-state index contributed by atoms with van der Waals surface area (Å²) in [5.41, 5.74) is 1.94. The van der Waals surface area contributed by atoms with Gasteiger partial charge in [0.05, 0.1) is 18.3 Å². The highest BCUT2D eigenvalue weighted by Gasteiger charge is 2.15. The fourth-order valence-corrected chi connectivity index (χ4v) is 3.26. The van der Waals surface area contributed by atoms with Crippen molar-refractivity contribution in [3.05, 3.63) is 48.3 Å². The second kappa shape index (κ2) is 8.11. The average Bonchev–Trinajstić information content (AvgIpc) is 3.04. The number of aromatic nitrogens is 2. The number of piperidine rings is 1. The zero-order valence-electron chi connectivity index (χ0n) is 14.3. The monoisotopic (exact) mass is 326 g/mol. The first kappa shape index (κ1) is 16.7. The Balaban J connectivity index is 1.43. The fourth-order valence-electron chi connectivity index (χ4n) is 3.26. The quantitative estimate of drug-likeness (QED) is 0.886. The number of para-hydroxylation sites is 1. The van der Waals surface area contributed by atoms with E-state index in [1.807, 2.05) is 36.5 Å². The van der Waals surface area contributed by atoms with Crippen LogP contribution in [0.25, 0.3) is 5.69 Å². The Labute approximate surface area is 143 Å². The number of hydrogen-bond donors (Lipinski definition) is 1. The molecule has 5 nitrogen and oxygen atoms in total. The first-order chi connectivity index (χ1) is 11.7. The van der Waals surface area contributed by atoms with Gasteiger partial charge < -0.3 is 10.2 Å². The average molecular weight is 326 g/mol. The Morgan fingerprint density at radius 3 is 2.96 bits per heavy atom. The standard InChI is InChI=1S/C19H26N4O/c1-16-6-5-10-22(14-16)11-9-20-19(24)12-17-13-21-23(15-17)18-7-3-2-4-8-18/h2-4,7-8,13,15-16H,5-6,9-12,14H2,1H3,(H,20,24). The van der Waals surface area contributed by atoms with Crippen LogP contribution in [0.3, 0.4) is 0 Å². The summed E-state index contributed by atoms with van der Waals surface area (Å²) in [6, 6.07) is 9.92. The van der Waals surface area contributed by atoms with Crippen molar-refractivity contribution in [2.24, 2.45) is 5.92 Å². The number of carbonyl (C=O) groups is 1. The largest absolute Gasteiger partial charge is 0.355 e. The maximum absolute atomic E-state index is 12.1. The molecule has 0 bridgehead atoms. The van der Waals surface area contributed by atoms with E-state index >= 15 is 0 Å². The third kappa shape index (κ3) is 4.68. The number of hydrogen-bond acceptors (Lipinski definition) is 3. The van der Waals surface area contributed by atoms with Crippen molar-refractivity contribution in [2.45, 2.75) is 26.2 Å². The molecule has 0 spiro atoms. The molecule has 2 heterocycles. The molecule has 1 aromatic carbocycles. The zero-order valence-corrected chi connectivity index (χ0v) is 14.3. The maximum Gasteiger partial charge on any atom is 0.224 e. The van der Waals surface area contributed by atoms with Gasteiger partial charge in [-0.05, 0) is 43.0 Å². The minimum atomic E-state index is 0.0627. The van der Waals surface area contributed by atoms with E-state index in [0.29, 0.717) is 6.42 Å². The van der Waals surface area contributed by atoms with Crippen molar-refractivity contribution >= 4 is 5.91 Å². The molecule has 5 heteroatoms. The van der Waals surface area contributed by atoms with Crippen molar-refractivity contribution in [1.29, 1.82) is 0 Å². The summed E-state index contributed by atoms with van der Waals surface area (Å²) in [4.78, 5) is 14.5. The van der Waals surface area contributed by atoms with Crippen LogP contribution in [0, 0.1) is 5.92 Å². The summed E-state index contributed by atoms with van der Waals surface area (Å²) in [6.45, 7) is 6.27. The van der Waals surface area contributed by atoms with Gasteiger partial charge in [-0.15, -0.1) is 0 Å². The Bertz CT molecular complexity index is 652. The molecule has 1 fully saturated rings. The van der Waals surface area contributed by atoms with Gasteiger partial charge >= 0.3 is 0 Å². The van der Waals surface area contributed by atoms with Crippen LogP contribution in [0.5, 0.6) is 0 Å². The molecular formula is C19H26N4O. The molecule has 1 unspecified atom stereocenters. The van der Waals surface area contributed by atoms with E-state index in [0.717, 1.165) is 43.3 Å². The lowest BCUT2D eigenvalue weighted by molar-refractivity contribution is -0.120. The smallest absolute Gasteiger partial charge is 0.224 e. The molecule has 1 N–H and O–H groups in total.